The molecule has 0 amide bonds. The molecule has 0 atom stereocenters. The molecule has 2 aromatic carbocycles. The summed E-state index contributed by atoms with van der Waals surface area (Å²) in [6.45, 7) is 3.62. The number of halogens is 2. The quantitative estimate of drug-likeness (QED) is 0.651. The second-order valence-electron chi connectivity index (χ2n) is 7.04. The Morgan fingerprint density at radius 1 is 1.21 bits per heavy atom. The smallest absolute Gasteiger partial charge is 0.156 e. The van der Waals surface area contributed by atoms with Crippen molar-refractivity contribution in [2.24, 2.45) is 5.73 Å². The number of nitrogens with two attached hydrogens (primary N) is 1. The van der Waals surface area contributed by atoms with Gasteiger partial charge < -0.3 is 15.6 Å². The van der Waals surface area contributed by atoms with Crippen LogP contribution in [0.2, 0.25) is 5.02 Å². The normalized spacial score (nSPS) is 13.7. The number of aryl methyl sites for hydroxylation is 1. The van der Waals surface area contributed by atoms with Gasteiger partial charge in [0.05, 0.1) is 10.7 Å². The highest BCUT2D eigenvalue weighted by molar-refractivity contribution is 6.32. The Morgan fingerprint density at radius 3 is 2.72 bits per heavy atom. The van der Waals surface area contributed by atoms with Crippen LogP contribution in [-0.2, 0) is 13.1 Å². The van der Waals surface area contributed by atoms with E-state index in [-0.39, 0.29) is 5.82 Å². The summed E-state index contributed by atoms with van der Waals surface area (Å²) in [6.07, 6.45) is 5.77. The van der Waals surface area contributed by atoms with Crippen LogP contribution in [0.4, 0.5) is 4.39 Å². The summed E-state index contributed by atoms with van der Waals surface area (Å²) in [5.74, 6) is 0.457. The molecule has 29 heavy (non-hydrogen) atoms. The Bertz CT molecular complexity index is 1100. The van der Waals surface area contributed by atoms with Crippen LogP contribution >= 0.6 is 11.6 Å². The number of fused-ring (bicyclic) bond motifs is 1. The van der Waals surface area contributed by atoms with Crippen LogP contribution in [0.25, 0.3) is 11.3 Å². The molecule has 3 N–H and O–H groups in total. The Balaban J connectivity index is 1.78. The SMILES string of the molecule is Cc1ccc(CNC2=C(CN)C(c3ccc(F)cc3Cl)=CCn3ccnc32)cc1. The third kappa shape index (κ3) is 3.97. The highest BCUT2D eigenvalue weighted by Gasteiger charge is 2.22. The molecule has 4 rings (SSSR count). The minimum atomic E-state index is -0.364. The zero-order chi connectivity index (χ0) is 20.4. The molecule has 0 saturated carbocycles. The number of nitrogens with one attached hydrogen (secondary N) is 1. The standard InChI is InChI=1S/C23H22ClFN4/c1-15-2-4-16(5-3-15)14-28-22-20(13-26)18(8-10-29-11-9-27-23(22)29)19-7-6-17(25)12-21(19)24/h2-9,11-12,28H,10,13-14,26H2,1H3. The lowest BCUT2D eigenvalue weighted by atomic mass is 9.95. The van der Waals surface area contributed by atoms with Crippen LogP contribution in [0.5, 0.6) is 0 Å². The molecule has 0 fully saturated rings. The second-order valence-corrected chi connectivity index (χ2v) is 7.45. The second kappa shape index (κ2) is 8.23. The third-order valence-electron chi connectivity index (χ3n) is 5.07. The number of imidazole rings is 1. The molecule has 4 nitrogen and oxygen atoms in total. The van der Waals surface area contributed by atoms with Crippen LogP contribution in [0.3, 0.4) is 0 Å². The molecular formula is C23H22ClFN4. The summed E-state index contributed by atoms with van der Waals surface area (Å²) in [5.41, 5.74) is 12.0. The van der Waals surface area contributed by atoms with E-state index in [1.807, 2.05) is 6.20 Å². The van der Waals surface area contributed by atoms with E-state index in [1.165, 1.54) is 17.7 Å². The van der Waals surface area contributed by atoms with Crippen molar-refractivity contribution in [3.05, 3.63) is 99.9 Å². The average molecular weight is 409 g/mol. The van der Waals surface area contributed by atoms with Crippen molar-refractivity contribution in [2.75, 3.05) is 6.54 Å². The molecule has 1 aliphatic rings. The van der Waals surface area contributed by atoms with Gasteiger partial charge in [-0.2, -0.15) is 0 Å². The molecule has 6 heteroatoms. The Kier molecular flexibility index (Phi) is 5.51. The van der Waals surface area contributed by atoms with E-state index in [2.05, 4.69) is 52.1 Å². The first kappa shape index (κ1) is 19.4. The zero-order valence-electron chi connectivity index (χ0n) is 16.1. The fraction of sp³-hybridized carbons (Fsp3) is 0.174. The molecule has 1 aliphatic heterocycles. The molecule has 1 aromatic heterocycles. The summed E-state index contributed by atoms with van der Waals surface area (Å²) >= 11 is 6.37. The minimum absolute atomic E-state index is 0.294. The summed E-state index contributed by atoms with van der Waals surface area (Å²) in [5, 5.41) is 3.89. The number of nitrogens with zero attached hydrogens (tertiary/aromatic N) is 2. The summed E-state index contributed by atoms with van der Waals surface area (Å²) in [4.78, 5) is 4.55. The predicted octanol–water partition coefficient (Wildman–Crippen LogP) is 4.54. The lowest BCUT2D eigenvalue weighted by molar-refractivity contribution is 0.628. The summed E-state index contributed by atoms with van der Waals surface area (Å²) < 4.78 is 15.6. The van der Waals surface area contributed by atoms with E-state index in [4.69, 9.17) is 17.3 Å². The van der Waals surface area contributed by atoms with Gasteiger partial charge in [0.15, 0.2) is 5.82 Å². The average Bonchev–Trinajstić information content (AvgIpc) is 3.11. The molecule has 0 radical (unpaired) electrons. The van der Waals surface area contributed by atoms with Gasteiger partial charge >= 0.3 is 0 Å². The number of benzene rings is 2. The van der Waals surface area contributed by atoms with Crippen LogP contribution in [-0.4, -0.2) is 16.1 Å². The van der Waals surface area contributed by atoms with E-state index < -0.39 is 0 Å². The molecule has 0 spiro atoms. The number of rotatable bonds is 5. The molecule has 2 heterocycles. The van der Waals surface area contributed by atoms with Gasteiger partial charge in [0.2, 0.25) is 0 Å². The first-order valence-corrected chi connectivity index (χ1v) is 9.84. The van der Waals surface area contributed by atoms with Gasteiger partial charge in [0.1, 0.15) is 5.82 Å². The third-order valence-corrected chi connectivity index (χ3v) is 5.39. The van der Waals surface area contributed by atoms with Crippen LogP contribution in [0.1, 0.15) is 22.5 Å². The molecule has 0 bridgehead atoms. The molecule has 148 valence electrons. The van der Waals surface area contributed by atoms with Crippen LogP contribution < -0.4 is 11.1 Å². The van der Waals surface area contributed by atoms with E-state index in [1.54, 1.807) is 12.3 Å². The number of allylic oxidation sites excluding steroid dienone is 1. The molecule has 0 saturated heterocycles. The number of aromatic nitrogens is 2. The first-order chi connectivity index (χ1) is 14.1. The Hall–Kier alpha value is -2.89. The Labute approximate surface area is 174 Å². The predicted molar refractivity (Wildman–Crippen MR) is 116 cm³/mol. The van der Waals surface area contributed by atoms with Crippen molar-refractivity contribution in [3.8, 4) is 0 Å². The number of hydrogen-bond acceptors (Lipinski definition) is 3. The van der Waals surface area contributed by atoms with Crippen molar-refractivity contribution in [1.82, 2.24) is 14.9 Å². The monoisotopic (exact) mass is 408 g/mol. The zero-order valence-corrected chi connectivity index (χ0v) is 16.9. The Morgan fingerprint density at radius 2 is 2.00 bits per heavy atom. The number of hydrogen-bond donors (Lipinski definition) is 2. The van der Waals surface area contributed by atoms with E-state index in [9.17, 15) is 4.39 Å². The summed E-state index contributed by atoms with van der Waals surface area (Å²) in [7, 11) is 0. The van der Waals surface area contributed by atoms with Crippen molar-refractivity contribution >= 4 is 22.9 Å². The highest BCUT2D eigenvalue weighted by Crippen LogP contribution is 2.34. The minimum Gasteiger partial charge on any atom is -0.378 e. The van der Waals surface area contributed by atoms with Gasteiger partial charge in [-0.25, -0.2) is 9.37 Å². The van der Waals surface area contributed by atoms with Crippen molar-refractivity contribution < 1.29 is 4.39 Å². The van der Waals surface area contributed by atoms with Gasteiger partial charge in [0, 0.05) is 43.2 Å². The van der Waals surface area contributed by atoms with Crippen molar-refractivity contribution in [3.63, 3.8) is 0 Å². The lowest BCUT2D eigenvalue weighted by Crippen LogP contribution is -2.20. The van der Waals surface area contributed by atoms with Gasteiger partial charge in [-0.15, -0.1) is 0 Å². The van der Waals surface area contributed by atoms with Gasteiger partial charge in [-0.1, -0.05) is 47.5 Å². The van der Waals surface area contributed by atoms with Gasteiger partial charge in [-0.05, 0) is 36.3 Å². The molecule has 0 unspecified atom stereocenters. The largest absolute Gasteiger partial charge is 0.378 e. The topological polar surface area (TPSA) is 55.9 Å². The van der Waals surface area contributed by atoms with Crippen molar-refractivity contribution in [1.29, 1.82) is 0 Å². The van der Waals surface area contributed by atoms with E-state index in [0.717, 1.165) is 33.8 Å². The first-order valence-electron chi connectivity index (χ1n) is 9.47. The maximum atomic E-state index is 13.6. The van der Waals surface area contributed by atoms with E-state index in [0.29, 0.717) is 24.7 Å². The molecule has 3 aromatic rings. The fourth-order valence-electron chi connectivity index (χ4n) is 3.54. The van der Waals surface area contributed by atoms with E-state index >= 15 is 0 Å². The fourth-order valence-corrected chi connectivity index (χ4v) is 3.81. The van der Waals surface area contributed by atoms with Gasteiger partial charge in [-0.3, -0.25) is 0 Å². The van der Waals surface area contributed by atoms with Crippen LogP contribution in [0, 0.1) is 12.7 Å². The molecular weight excluding hydrogens is 387 g/mol. The highest BCUT2D eigenvalue weighted by atomic mass is 35.5. The van der Waals surface area contributed by atoms with Crippen molar-refractivity contribution in [2.45, 2.75) is 20.0 Å². The van der Waals surface area contributed by atoms with Gasteiger partial charge in [0.25, 0.3) is 0 Å². The van der Waals surface area contributed by atoms with Crippen LogP contribution in [0.15, 0.2) is 66.5 Å². The lowest BCUT2D eigenvalue weighted by Gasteiger charge is -2.18. The maximum Gasteiger partial charge on any atom is 0.156 e. The molecule has 0 aliphatic carbocycles. The maximum absolute atomic E-state index is 13.6. The summed E-state index contributed by atoms with van der Waals surface area (Å²) in [6, 6.07) is 12.8.